The van der Waals surface area contributed by atoms with Crippen LogP contribution in [-0.2, 0) is 14.9 Å². The molecule has 1 aromatic rings. The molecule has 0 aromatic heterocycles. The van der Waals surface area contributed by atoms with Crippen LogP contribution in [0.25, 0.3) is 0 Å². The van der Waals surface area contributed by atoms with Gasteiger partial charge in [-0.1, -0.05) is 24.3 Å². The van der Waals surface area contributed by atoms with E-state index in [2.05, 4.69) is 36.5 Å². The summed E-state index contributed by atoms with van der Waals surface area (Å²) in [4.78, 5) is 12.1. The van der Waals surface area contributed by atoms with Crippen LogP contribution in [0.3, 0.4) is 0 Å². The third-order valence-corrected chi connectivity index (χ3v) is 4.62. The number of hydrogen-bond acceptors (Lipinski definition) is 3. The maximum Gasteiger partial charge on any atom is 0.220 e. The van der Waals surface area contributed by atoms with E-state index in [1.807, 2.05) is 6.92 Å². The van der Waals surface area contributed by atoms with Gasteiger partial charge >= 0.3 is 0 Å². The SMILES string of the molecule is Cc1ccccc1C1(CNC(=O)CCC(C)N)CCOCC1. The molecule has 1 unspecified atom stereocenters. The van der Waals surface area contributed by atoms with Crippen molar-refractivity contribution in [3.8, 4) is 0 Å². The van der Waals surface area contributed by atoms with E-state index in [1.54, 1.807) is 0 Å². The lowest BCUT2D eigenvalue weighted by atomic mass is 9.72. The van der Waals surface area contributed by atoms with Gasteiger partial charge in [0, 0.05) is 37.6 Å². The molecular formula is C18H28N2O2. The summed E-state index contributed by atoms with van der Waals surface area (Å²) < 4.78 is 5.54. The Morgan fingerprint density at radius 2 is 2.05 bits per heavy atom. The standard InChI is InChI=1S/C18H28N2O2/c1-14-5-3-4-6-16(14)18(9-11-22-12-10-18)13-20-17(21)8-7-15(2)19/h3-6,15H,7-13,19H2,1-2H3,(H,20,21). The Morgan fingerprint density at radius 1 is 1.36 bits per heavy atom. The van der Waals surface area contributed by atoms with Gasteiger partial charge in [0.05, 0.1) is 0 Å². The number of nitrogens with two attached hydrogens (primary N) is 1. The molecule has 3 N–H and O–H groups in total. The third kappa shape index (κ3) is 4.31. The molecule has 1 atom stereocenters. The minimum atomic E-state index is -0.00637. The van der Waals surface area contributed by atoms with Gasteiger partial charge in [-0.05, 0) is 44.2 Å². The molecule has 0 spiro atoms. The first-order valence-corrected chi connectivity index (χ1v) is 8.20. The molecular weight excluding hydrogens is 276 g/mol. The lowest BCUT2D eigenvalue weighted by molar-refractivity contribution is -0.121. The Hall–Kier alpha value is -1.39. The van der Waals surface area contributed by atoms with Crippen LogP contribution in [0.15, 0.2) is 24.3 Å². The number of ether oxygens (including phenoxy) is 1. The van der Waals surface area contributed by atoms with Crippen molar-refractivity contribution in [2.45, 2.75) is 51.0 Å². The van der Waals surface area contributed by atoms with E-state index in [-0.39, 0.29) is 17.4 Å². The van der Waals surface area contributed by atoms with Gasteiger partial charge in [0.1, 0.15) is 0 Å². The van der Waals surface area contributed by atoms with Crippen molar-refractivity contribution in [1.29, 1.82) is 0 Å². The molecule has 1 aliphatic heterocycles. The molecule has 1 fully saturated rings. The quantitative estimate of drug-likeness (QED) is 0.847. The topological polar surface area (TPSA) is 64.4 Å². The minimum absolute atomic E-state index is 0.00637. The zero-order valence-corrected chi connectivity index (χ0v) is 13.7. The fraction of sp³-hybridized carbons (Fsp3) is 0.611. The highest BCUT2D eigenvalue weighted by atomic mass is 16.5. The predicted molar refractivity (Wildman–Crippen MR) is 88.8 cm³/mol. The number of hydrogen-bond donors (Lipinski definition) is 2. The Kier molecular flexibility index (Phi) is 5.98. The number of carbonyl (C=O) groups excluding carboxylic acids is 1. The fourth-order valence-corrected chi connectivity index (χ4v) is 3.19. The van der Waals surface area contributed by atoms with Crippen LogP contribution in [-0.4, -0.2) is 31.7 Å². The molecule has 1 aliphatic rings. The zero-order chi connectivity index (χ0) is 16.0. The molecule has 0 bridgehead atoms. The van der Waals surface area contributed by atoms with Crippen molar-refractivity contribution in [3.63, 3.8) is 0 Å². The summed E-state index contributed by atoms with van der Waals surface area (Å²) in [7, 11) is 0. The van der Waals surface area contributed by atoms with Crippen LogP contribution in [0.2, 0.25) is 0 Å². The van der Waals surface area contributed by atoms with E-state index in [4.69, 9.17) is 10.5 Å². The molecule has 1 aromatic carbocycles. The van der Waals surface area contributed by atoms with Crippen molar-refractivity contribution in [1.82, 2.24) is 5.32 Å². The summed E-state index contributed by atoms with van der Waals surface area (Å²) in [6.07, 6.45) is 3.13. The first-order valence-electron chi connectivity index (χ1n) is 8.20. The highest BCUT2D eigenvalue weighted by molar-refractivity contribution is 5.76. The number of rotatable bonds is 6. The van der Waals surface area contributed by atoms with Crippen LogP contribution >= 0.6 is 0 Å². The molecule has 1 saturated heterocycles. The maximum absolute atomic E-state index is 12.1. The smallest absolute Gasteiger partial charge is 0.220 e. The molecule has 0 aliphatic carbocycles. The Morgan fingerprint density at radius 3 is 2.68 bits per heavy atom. The second kappa shape index (κ2) is 7.75. The summed E-state index contributed by atoms with van der Waals surface area (Å²) in [5, 5.41) is 3.12. The molecule has 1 amide bonds. The van der Waals surface area contributed by atoms with Crippen LogP contribution in [0, 0.1) is 6.92 Å². The van der Waals surface area contributed by atoms with E-state index in [1.165, 1.54) is 11.1 Å². The van der Waals surface area contributed by atoms with Crippen LogP contribution in [0.4, 0.5) is 0 Å². The predicted octanol–water partition coefficient (Wildman–Crippen LogP) is 2.29. The Balaban J connectivity index is 2.07. The molecule has 122 valence electrons. The normalized spacial score (nSPS) is 18.7. The largest absolute Gasteiger partial charge is 0.381 e. The van der Waals surface area contributed by atoms with E-state index in [0.29, 0.717) is 13.0 Å². The number of nitrogens with one attached hydrogen (secondary N) is 1. The van der Waals surface area contributed by atoms with Gasteiger partial charge < -0.3 is 15.8 Å². The fourth-order valence-electron chi connectivity index (χ4n) is 3.19. The first-order chi connectivity index (χ1) is 10.5. The van der Waals surface area contributed by atoms with E-state index in [9.17, 15) is 4.79 Å². The Labute approximate surface area is 133 Å². The summed E-state index contributed by atoms with van der Waals surface area (Å²) >= 11 is 0. The molecule has 4 nitrogen and oxygen atoms in total. The number of amides is 1. The van der Waals surface area contributed by atoms with Gasteiger partial charge in [0.25, 0.3) is 0 Å². The highest BCUT2D eigenvalue weighted by Crippen LogP contribution is 2.36. The summed E-state index contributed by atoms with van der Waals surface area (Å²) in [5.74, 6) is 0.0942. The van der Waals surface area contributed by atoms with Gasteiger partial charge in [-0.15, -0.1) is 0 Å². The zero-order valence-electron chi connectivity index (χ0n) is 13.7. The summed E-state index contributed by atoms with van der Waals surface area (Å²) in [6, 6.07) is 8.54. The first kappa shape index (κ1) is 17.0. The van der Waals surface area contributed by atoms with Gasteiger partial charge in [0.2, 0.25) is 5.91 Å². The molecule has 0 radical (unpaired) electrons. The van der Waals surface area contributed by atoms with Gasteiger partial charge in [-0.2, -0.15) is 0 Å². The number of aryl methyl sites for hydroxylation is 1. The van der Waals surface area contributed by atoms with Gasteiger partial charge in [-0.25, -0.2) is 0 Å². The molecule has 22 heavy (non-hydrogen) atoms. The highest BCUT2D eigenvalue weighted by Gasteiger charge is 2.35. The lowest BCUT2D eigenvalue weighted by Gasteiger charge is -2.39. The van der Waals surface area contributed by atoms with Crippen LogP contribution < -0.4 is 11.1 Å². The second-order valence-electron chi connectivity index (χ2n) is 6.50. The van der Waals surface area contributed by atoms with Gasteiger partial charge in [0.15, 0.2) is 0 Å². The van der Waals surface area contributed by atoms with E-state index < -0.39 is 0 Å². The van der Waals surface area contributed by atoms with Crippen molar-refractivity contribution in [2.24, 2.45) is 5.73 Å². The number of carbonyl (C=O) groups is 1. The molecule has 0 saturated carbocycles. The second-order valence-corrected chi connectivity index (χ2v) is 6.50. The van der Waals surface area contributed by atoms with Crippen molar-refractivity contribution in [3.05, 3.63) is 35.4 Å². The number of benzene rings is 1. The van der Waals surface area contributed by atoms with Crippen molar-refractivity contribution >= 4 is 5.91 Å². The summed E-state index contributed by atoms with van der Waals surface area (Å²) in [5.41, 5.74) is 8.34. The van der Waals surface area contributed by atoms with E-state index >= 15 is 0 Å². The molecule has 2 rings (SSSR count). The summed E-state index contributed by atoms with van der Waals surface area (Å²) in [6.45, 7) is 6.26. The van der Waals surface area contributed by atoms with E-state index in [0.717, 1.165) is 32.5 Å². The average molecular weight is 304 g/mol. The maximum atomic E-state index is 12.1. The lowest BCUT2D eigenvalue weighted by Crippen LogP contribution is -2.45. The molecule has 1 heterocycles. The van der Waals surface area contributed by atoms with Crippen LogP contribution in [0.5, 0.6) is 0 Å². The van der Waals surface area contributed by atoms with Crippen molar-refractivity contribution < 1.29 is 9.53 Å². The van der Waals surface area contributed by atoms with Crippen LogP contribution in [0.1, 0.15) is 43.7 Å². The third-order valence-electron chi connectivity index (χ3n) is 4.62. The Bertz CT molecular complexity index is 494. The monoisotopic (exact) mass is 304 g/mol. The minimum Gasteiger partial charge on any atom is -0.381 e. The molecule has 4 heteroatoms. The average Bonchev–Trinajstić information content (AvgIpc) is 2.52. The van der Waals surface area contributed by atoms with Crippen molar-refractivity contribution in [2.75, 3.05) is 19.8 Å². The van der Waals surface area contributed by atoms with Gasteiger partial charge in [-0.3, -0.25) is 4.79 Å².